The summed E-state index contributed by atoms with van der Waals surface area (Å²) in [6, 6.07) is 6.92. The Bertz CT molecular complexity index is 360. The molecule has 68 valence electrons. The van der Waals surface area contributed by atoms with Gasteiger partial charge in [0.15, 0.2) is 0 Å². The minimum absolute atomic E-state index is 0.0816. The lowest BCUT2D eigenvalue weighted by Crippen LogP contribution is -2.10. The normalized spacial score (nSPS) is 11.4. The number of benzene rings is 1. The van der Waals surface area contributed by atoms with Crippen molar-refractivity contribution in [1.29, 1.82) is 0 Å². The van der Waals surface area contributed by atoms with Gasteiger partial charge in [-0.2, -0.15) is 0 Å². The average Bonchev–Trinajstić information content (AvgIpc) is 2.15. The summed E-state index contributed by atoms with van der Waals surface area (Å²) >= 11 is 3.25. The summed E-state index contributed by atoms with van der Waals surface area (Å²) in [5.41, 5.74) is 0.586. The number of carbonyl (C=O) groups is 1. The zero-order valence-electron chi connectivity index (χ0n) is 6.99. The van der Waals surface area contributed by atoms with Crippen LogP contribution in [-0.2, 0) is 0 Å². The monoisotopic (exact) mass is 241 g/mol. The highest BCUT2D eigenvalue weighted by Crippen LogP contribution is 2.12. The highest BCUT2D eigenvalue weighted by molar-refractivity contribution is 9.10. The van der Waals surface area contributed by atoms with Gasteiger partial charge in [0, 0.05) is 10.0 Å². The van der Waals surface area contributed by atoms with Crippen molar-refractivity contribution in [3.05, 3.63) is 34.3 Å². The second-order valence-corrected chi connectivity index (χ2v) is 3.44. The van der Waals surface area contributed by atoms with E-state index in [0.29, 0.717) is 5.56 Å². The Morgan fingerprint density at radius 2 is 2.23 bits per heavy atom. The average molecular weight is 242 g/mol. The Hall–Kier alpha value is -1.16. The molecule has 0 aromatic heterocycles. The van der Waals surface area contributed by atoms with Gasteiger partial charge in [-0.05, 0) is 19.1 Å². The van der Waals surface area contributed by atoms with Crippen LogP contribution in [0.15, 0.2) is 33.9 Å². The van der Waals surface area contributed by atoms with Gasteiger partial charge in [-0.15, -0.1) is 0 Å². The molecule has 0 spiro atoms. The lowest BCUT2D eigenvalue weighted by atomic mass is 10.1. The van der Waals surface area contributed by atoms with E-state index in [2.05, 4.69) is 21.1 Å². The molecule has 0 fully saturated rings. The Morgan fingerprint density at radius 3 is 2.77 bits per heavy atom. The van der Waals surface area contributed by atoms with E-state index in [1.165, 1.54) is 6.92 Å². The summed E-state index contributed by atoms with van der Waals surface area (Å²) in [5.74, 6) is -0.274. The van der Waals surface area contributed by atoms with Gasteiger partial charge in [0.2, 0.25) is 5.78 Å². The molecule has 0 aliphatic heterocycles. The van der Waals surface area contributed by atoms with Crippen molar-refractivity contribution in [1.82, 2.24) is 0 Å². The van der Waals surface area contributed by atoms with E-state index in [-0.39, 0.29) is 11.5 Å². The van der Waals surface area contributed by atoms with Crippen molar-refractivity contribution in [3.8, 4) is 0 Å². The number of rotatable bonds is 2. The maximum Gasteiger partial charge on any atom is 0.210 e. The molecule has 0 bridgehead atoms. The lowest BCUT2D eigenvalue weighted by molar-refractivity contribution is 0.106. The highest BCUT2D eigenvalue weighted by atomic mass is 79.9. The van der Waals surface area contributed by atoms with Gasteiger partial charge < -0.3 is 5.21 Å². The fraction of sp³-hybridized carbons (Fsp3) is 0.111. The van der Waals surface area contributed by atoms with E-state index < -0.39 is 0 Å². The molecule has 0 saturated carbocycles. The molecule has 0 aliphatic carbocycles. The number of hydrogen-bond acceptors (Lipinski definition) is 3. The molecule has 0 heterocycles. The smallest absolute Gasteiger partial charge is 0.210 e. The van der Waals surface area contributed by atoms with E-state index in [1.807, 2.05) is 6.07 Å². The van der Waals surface area contributed by atoms with Crippen LogP contribution in [0.5, 0.6) is 0 Å². The van der Waals surface area contributed by atoms with Crippen LogP contribution in [0, 0.1) is 0 Å². The van der Waals surface area contributed by atoms with Crippen LogP contribution < -0.4 is 0 Å². The van der Waals surface area contributed by atoms with Gasteiger partial charge in [0.1, 0.15) is 5.71 Å². The predicted octanol–water partition coefficient (Wildman–Crippen LogP) is 2.48. The first-order chi connectivity index (χ1) is 6.15. The molecule has 0 aliphatic rings. The van der Waals surface area contributed by atoms with Crippen molar-refractivity contribution in [2.45, 2.75) is 6.92 Å². The predicted molar refractivity (Wildman–Crippen MR) is 53.4 cm³/mol. The number of ketones is 1. The third kappa shape index (κ3) is 2.39. The highest BCUT2D eigenvalue weighted by Gasteiger charge is 2.09. The van der Waals surface area contributed by atoms with E-state index in [1.54, 1.807) is 18.2 Å². The minimum atomic E-state index is -0.274. The summed E-state index contributed by atoms with van der Waals surface area (Å²) in [6.45, 7) is 1.46. The van der Waals surface area contributed by atoms with Crippen LogP contribution in [0.2, 0.25) is 0 Å². The lowest BCUT2D eigenvalue weighted by Gasteiger charge is -1.98. The van der Waals surface area contributed by atoms with Crippen LogP contribution in [0.3, 0.4) is 0 Å². The summed E-state index contributed by atoms with van der Waals surface area (Å²) < 4.78 is 0.823. The van der Waals surface area contributed by atoms with Crippen LogP contribution in [0.4, 0.5) is 0 Å². The Morgan fingerprint density at radius 1 is 1.54 bits per heavy atom. The number of nitrogens with zero attached hydrogens (tertiary/aromatic N) is 1. The molecule has 0 radical (unpaired) electrons. The number of hydrogen-bond donors (Lipinski definition) is 1. The van der Waals surface area contributed by atoms with Gasteiger partial charge in [0.25, 0.3) is 0 Å². The van der Waals surface area contributed by atoms with Crippen LogP contribution in [-0.4, -0.2) is 16.7 Å². The molecule has 0 atom stereocenters. The second kappa shape index (κ2) is 4.18. The first-order valence-electron chi connectivity index (χ1n) is 3.64. The number of Topliss-reactive ketones (excluding diaryl/α,β-unsaturated/α-hetero) is 1. The quantitative estimate of drug-likeness (QED) is 0.375. The molecule has 3 nitrogen and oxygen atoms in total. The van der Waals surface area contributed by atoms with E-state index in [4.69, 9.17) is 5.21 Å². The molecule has 0 amide bonds. The molecule has 0 unspecified atom stereocenters. The van der Waals surface area contributed by atoms with E-state index in [9.17, 15) is 4.79 Å². The Kier molecular flexibility index (Phi) is 3.19. The van der Waals surface area contributed by atoms with Gasteiger partial charge in [-0.3, -0.25) is 4.79 Å². The zero-order chi connectivity index (χ0) is 9.84. The first kappa shape index (κ1) is 9.92. The van der Waals surface area contributed by atoms with Gasteiger partial charge in [-0.1, -0.05) is 33.2 Å². The third-order valence-corrected chi connectivity index (χ3v) is 2.06. The molecule has 1 N–H and O–H groups in total. The first-order valence-corrected chi connectivity index (χ1v) is 4.43. The molecule has 1 aromatic carbocycles. The molecule has 4 heteroatoms. The standard InChI is InChI=1S/C9H8BrNO2/c1-6(11-13)9(12)7-3-2-4-8(10)5-7/h2-5,13H,1H3. The van der Waals surface area contributed by atoms with Gasteiger partial charge in [-0.25, -0.2) is 0 Å². The summed E-state index contributed by atoms with van der Waals surface area (Å²) in [7, 11) is 0. The fourth-order valence-electron chi connectivity index (χ4n) is 0.884. The molecular formula is C9H8BrNO2. The molecule has 13 heavy (non-hydrogen) atoms. The van der Waals surface area contributed by atoms with Crippen molar-refractivity contribution < 1.29 is 10.0 Å². The van der Waals surface area contributed by atoms with Crippen LogP contribution in [0.25, 0.3) is 0 Å². The van der Waals surface area contributed by atoms with Crippen molar-refractivity contribution in [2.75, 3.05) is 0 Å². The molecule has 1 rings (SSSR count). The zero-order valence-corrected chi connectivity index (χ0v) is 8.58. The van der Waals surface area contributed by atoms with Crippen molar-refractivity contribution >= 4 is 27.4 Å². The van der Waals surface area contributed by atoms with Crippen LogP contribution in [0.1, 0.15) is 17.3 Å². The molecule has 0 saturated heterocycles. The number of halogens is 1. The maximum atomic E-state index is 11.4. The number of oxime groups is 1. The van der Waals surface area contributed by atoms with Gasteiger partial charge >= 0.3 is 0 Å². The maximum absolute atomic E-state index is 11.4. The minimum Gasteiger partial charge on any atom is -0.411 e. The topological polar surface area (TPSA) is 49.7 Å². The summed E-state index contributed by atoms with van der Waals surface area (Å²) in [4.78, 5) is 11.4. The Balaban J connectivity index is 3.03. The second-order valence-electron chi connectivity index (χ2n) is 2.52. The van der Waals surface area contributed by atoms with Crippen molar-refractivity contribution in [3.63, 3.8) is 0 Å². The van der Waals surface area contributed by atoms with Crippen molar-refractivity contribution in [2.24, 2.45) is 5.16 Å². The Labute approximate surface area is 84.2 Å². The third-order valence-electron chi connectivity index (χ3n) is 1.57. The van der Waals surface area contributed by atoms with Crippen LogP contribution >= 0.6 is 15.9 Å². The van der Waals surface area contributed by atoms with Gasteiger partial charge in [0.05, 0.1) is 0 Å². The summed E-state index contributed by atoms with van der Waals surface area (Å²) in [6.07, 6.45) is 0. The van der Waals surface area contributed by atoms with E-state index in [0.717, 1.165) is 4.47 Å². The largest absolute Gasteiger partial charge is 0.411 e. The molecule has 1 aromatic rings. The molecular weight excluding hydrogens is 234 g/mol. The SMILES string of the molecule is CC(=NO)C(=O)c1cccc(Br)c1. The van der Waals surface area contributed by atoms with E-state index >= 15 is 0 Å². The number of carbonyl (C=O) groups excluding carboxylic acids is 1. The fourth-order valence-corrected chi connectivity index (χ4v) is 1.28. The summed E-state index contributed by atoms with van der Waals surface area (Å²) in [5, 5.41) is 11.2.